The molecule has 1 aromatic heterocycles. The lowest BCUT2D eigenvalue weighted by Gasteiger charge is -2.31. The molecule has 1 N–H and O–H groups in total. The van der Waals surface area contributed by atoms with Crippen molar-refractivity contribution < 1.29 is 13.2 Å². The quantitative estimate of drug-likeness (QED) is 0.819. The Balaban J connectivity index is 2.06. The van der Waals surface area contributed by atoms with Gasteiger partial charge in [-0.05, 0) is 13.8 Å². The summed E-state index contributed by atoms with van der Waals surface area (Å²) in [5.41, 5.74) is 1.89. The second kappa shape index (κ2) is 6.98. The van der Waals surface area contributed by atoms with Gasteiger partial charge in [0.15, 0.2) is 0 Å². The number of anilines is 2. The predicted molar refractivity (Wildman–Crippen MR) is 90.5 cm³/mol. The fraction of sp³-hybridized carbons (Fsp3) is 0.714. The van der Waals surface area contributed by atoms with Crippen LogP contribution in [0, 0.1) is 13.8 Å². The minimum atomic E-state index is -3.18. The average molecular weight is 343 g/mol. The minimum Gasteiger partial charge on any atom is -0.374 e. The van der Waals surface area contributed by atoms with Crippen LogP contribution in [0.3, 0.4) is 0 Å². The van der Waals surface area contributed by atoms with Gasteiger partial charge in [-0.15, -0.1) is 0 Å². The molecule has 0 amide bonds. The van der Waals surface area contributed by atoms with Crippen LogP contribution in [0.25, 0.3) is 0 Å². The maximum atomic E-state index is 11.6. The summed E-state index contributed by atoms with van der Waals surface area (Å²) in [6.45, 7) is 5.57. The number of aromatic nitrogens is 2. The van der Waals surface area contributed by atoms with Crippen LogP contribution in [0.5, 0.6) is 0 Å². The molecule has 0 spiro atoms. The molecule has 1 atom stereocenters. The third-order valence-electron chi connectivity index (χ3n) is 3.85. The molecule has 0 saturated carbocycles. The predicted octanol–water partition coefficient (Wildman–Crippen LogP) is 0.232. The Bertz CT molecular complexity index is 663. The monoisotopic (exact) mass is 343 g/mol. The molecule has 1 saturated heterocycles. The van der Waals surface area contributed by atoms with Gasteiger partial charge in [0, 0.05) is 45.0 Å². The number of ether oxygens (including phenoxy) is 1. The van der Waals surface area contributed by atoms with Gasteiger partial charge in [0.2, 0.25) is 16.0 Å². The standard InChI is InChI=1S/C14H25N5O3S/c1-10-11(2)16-14(18(3)4)17-13(10)15-8-12-9-19(6-7-22-12)23(5,20)21/h12H,6-9H2,1-5H3,(H,15,16,17)/t12-/m0/s1. The summed E-state index contributed by atoms with van der Waals surface area (Å²) in [6, 6.07) is 0. The van der Waals surface area contributed by atoms with Gasteiger partial charge in [0.25, 0.3) is 0 Å². The van der Waals surface area contributed by atoms with Gasteiger partial charge in [-0.1, -0.05) is 0 Å². The Labute approximate surface area is 137 Å². The van der Waals surface area contributed by atoms with Crippen molar-refractivity contribution in [2.45, 2.75) is 20.0 Å². The highest BCUT2D eigenvalue weighted by molar-refractivity contribution is 7.88. The van der Waals surface area contributed by atoms with Crippen molar-refractivity contribution in [3.8, 4) is 0 Å². The lowest BCUT2D eigenvalue weighted by atomic mass is 10.2. The maximum Gasteiger partial charge on any atom is 0.227 e. The zero-order valence-corrected chi connectivity index (χ0v) is 15.1. The van der Waals surface area contributed by atoms with Crippen LogP contribution in [-0.2, 0) is 14.8 Å². The zero-order chi connectivity index (χ0) is 17.2. The molecule has 2 heterocycles. The summed E-state index contributed by atoms with van der Waals surface area (Å²) in [5, 5.41) is 3.27. The summed E-state index contributed by atoms with van der Waals surface area (Å²) in [4.78, 5) is 10.8. The molecule has 0 radical (unpaired) electrons. The van der Waals surface area contributed by atoms with Crippen molar-refractivity contribution in [1.82, 2.24) is 14.3 Å². The van der Waals surface area contributed by atoms with Crippen molar-refractivity contribution in [2.24, 2.45) is 0 Å². The molecule has 23 heavy (non-hydrogen) atoms. The Hall–Kier alpha value is -1.45. The first-order valence-electron chi connectivity index (χ1n) is 7.51. The minimum absolute atomic E-state index is 0.198. The van der Waals surface area contributed by atoms with Crippen LogP contribution in [0.15, 0.2) is 0 Å². The molecule has 0 bridgehead atoms. The largest absolute Gasteiger partial charge is 0.374 e. The average Bonchev–Trinajstić information content (AvgIpc) is 2.48. The highest BCUT2D eigenvalue weighted by Gasteiger charge is 2.26. The molecule has 1 aromatic rings. The molecule has 9 heteroatoms. The van der Waals surface area contributed by atoms with E-state index in [0.717, 1.165) is 17.1 Å². The van der Waals surface area contributed by atoms with Crippen molar-refractivity contribution >= 4 is 21.8 Å². The highest BCUT2D eigenvalue weighted by atomic mass is 32.2. The van der Waals surface area contributed by atoms with Gasteiger partial charge in [-0.25, -0.2) is 13.4 Å². The third-order valence-corrected chi connectivity index (χ3v) is 5.11. The molecular formula is C14H25N5O3S. The number of hydrogen-bond donors (Lipinski definition) is 1. The second-order valence-electron chi connectivity index (χ2n) is 5.97. The van der Waals surface area contributed by atoms with E-state index in [2.05, 4.69) is 15.3 Å². The van der Waals surface area contributed by atoms with E-state index in [1.54, 1.807) is 0 Å². The third kappa shape index (κ3) is 4.52. The first-order chi connectivity index (χ1) is 10.7. The molecule has 1 fully saturated rings. The lowest BCUT2D eigenvalue weighted by molar-refractivity contribution is 0.00700. The van der Waals surface area contributed by atoms with Gasteiger partial charge < -0.3 is 15.0 Å². The molecule has 0 aromatic carbocycles. The van der Waals surface area contributed by atoms with Crippen molar-refractivity contribution in [3.05, 3.63) is 11.3 Å². The van der Waals surface area contributed by atoms with Crippen LogP contribution in [-0.4, -0.2) is 75.4 Å². The van der Waals surface area contributed by atoms with Gasteiger partial charge in [0.05, 0.1) is 19.0 Å². The molecular weight excluding hydrogens is 318 g/mol. The second-order valence-corrected chi connectivity index (χ2v) is 7.95. The van der Waals surface area contributed by atoms with E-state index >= 15 is 0 Å². The molecule has 2 rings (SSSR count). The van der Waals surface area contributed by atoms with Gasteiger partial charge in [-0.2, -0.15) is 9.29 Å². The van der Waals surface area contributed by atoms with Crippen LogP contribution in [0.2, 0.25) is 0 Å². The number of hydrogen-bond acceptors (Lipinski definition) is 7. The van der Waals surface area contributed by atoms with E-state index in [1.165, 1.54) is 10.6 Å². The molecule has 0 aliphatic carbocycles. The van der Waals surface area contributed by atoms with Gasteiger partial charge >= 0.3 is 0 Å². The van der Waals surface area contributed by atoms with E-state index in [9.17, 15) is 8.42 Å². The van der Waals surface area contributed by atoms with E-state index in [1.807, 2.05) is 32.8 Å². The van der Waals surface area contributed by atoms with Crippen LogP contribution in [0.4, 0.5) is 11.8 Å². The molecule has 130 valence electrons. The molecule has 0 unspecified atom stereocenters. The number of aryl methyl sites for hydroxylation is 1. The lowest BCUT2D eigenvalue weighted by Crippen LogP contribution is -2.47. The first kappa shape index (κ1) is 17.9. The topological polar surface area (TPSA) is 87.7 Å². The summed E-state index contributed by atoms with van der Waals surface area (Å²) in [5.74, 6) is 1.39. The van der Waals surface area contributed by atoms with E-state index in [0.29, 0.717) is 32.2 Å². The smallest absolute Gasteiger partial charge is 0.227 e. The number of sulfonamides is 1. The Morgan fingerprint density at radius 2 is 2.04 bits per heavy atom. The van der Waals surface area contributed by atoms with E-state index in [4.69, 9.17) is 4.74 Å². The van der Waals surface area contributed by atoms with Crippen molar-refractivity contribution in [1.29, 1.82) is 0 Å². The summed E-state index contributed by atoms with van der Waals surface area (Å²) < 4.78 is 30.4. The van der Waals surface area contributed by atoms with Crippen LogP contribution in [0.1, 0.15) is 11.3 Å². The Kier molecular flexibility index (Phi) is 5.43. The Morgan fingerprint density at radius 1 is 1.35 bits per heavy atom. The summed E-state index contributed by atoms with van der Waals surface area (Å²) in [7, 11) is 0.601. The van der Waals surface area contributed by atoms with E-state index < -0.39 is 10.0 Å². The normalized spacial score (nSPS) is 19.6. The summed E-state index contributed by atoms with van der Waals surface area (Å²) in [6.07, 6.45) is 1.03. The molecule has 1 aliphatic rings. The number of nitrogens with one attached hydrogen (secondary N) is 1. The fourth-order valence-electron chi connectivity index (χ4n) is 2.31. The fourth-order valence-corrected chi connectivity index (χ4v) is 3.16. The van der Waals surface area contributed by atoms with Gasteiger partial charge in [-0.3, -0.25) is 0 Å². The first-order valence-corrected chi connectivity index (χ1v) is 9.36. The SMILES string of the molecule is Cc1nc(N(C)C)nc(NC[C@H]2CN(S(C)(=O)=O)CCO2)c1C. The maximum absolute atomic E-state index is 11.6. The highest BCUT2D eigenvalue weighted by Crippen LogP contribution is 2.19. The Morgan fingerprint density at radius 3 is 2.65 bits per heavy atom. The molecule has 1 aliphatic heterocycles. The molecule has 8 nitrogen and oxygen atoms in total. The van der Waals surface area contributed by atoms with Crippen molar-refractivity contribution in [2.75, 3.05) is 56.8 Å². The summed E-state index contributed by atoms with van der Waals surface area (Å²) >= 11 is 0. The number of rotatable bonds is 5. The van der Waals surface area contributed by atoms with E-state index in [-0.39, 0.29) is 6.10 Å². The number of morpholine rings is 1. The van der Waals surface area contributed by atoms with Gasteiger partial charge in [0.1, 0.15) is 5.82 Å². The zero-order valence-electron chi connectivity index (χ0n) is 14.3. The number of nitrogens with zero attached hydrogens (tertiary/aromatic N) is 4. The van der Waals surface area contributed by atoms with Crippen LogP contribution < -0.4 is 10.2 Å². The van der Waals surface area contributed by atoms with Crippen molar-refractivity contribution in [3.63, 3.8) is 0 Å². The van der Waals surface area contributed by atoms with Crippen LogP contribution >= 0.6 is 0 Å².